The Morgan fingerprint density at radius 1 is 0.920 bits per heavy atom. The zero-order valence-electron chi connectivity index (χ0n) is 15.8. The summed E-state index contributed by atoms with van der Waals surface area (Å²) < 4.78 is 5.21. The average molecular weight is 347 g/mol. The van der Waals surface area contributed by atoms with Gasteiger partial charge < -0.3 is 10.1 Å². The summed E-state index contributed by atoms with van der Waals surface area (Å²) in [5.41, 5.74) is 0.703. The maximum atomic E-state index is 12.0. The van der Waals surface area contributed by atoms with Crippen molar-refractivity contribution in [1.29, 1.82) is 0 Å². The molecule has 4 nitrogen and oxygen atoms in total. The average Bonchev–Trinajstić information content (AvgIpc) is 2.61. The van der Waals surface area contributed by atoms with E-state index in [1.54, 1.807) is 19.1 Å². The van der Waals surface area contributed by atoms with Crippen LogP contribution in [-0.2, 0) is 14.3 Å². The quantitative estimate of drug-likeness (QED) is 0.380. The zero-order chi connectivity index (χ0) is 18.3. The largest absolute Gasteiger partial charge is 0.453 e. The third-order valence-electron chi connectivity index (χ3n) is 4.20. The van der Waals surface area contributed by atoms with Crippen molar-refractivity contribution in [2.75, 3.05) is 5.32 Å². The molecular formula is C21H33NO3. The summed E-state index contributed by atoms with van der Waals surface area (Å²) in [5.74, 6) is -0.592. The van der Waals surface area contributed by atoms with E-state index in [9.17, 15) is 9.59 Å². The van der Waals surface area contributed by atoms with Crippen LogP contribution < -0.4 is 5.32 Å². The number of carbonyl (C=O) groups excluding carboxylic acids is 2. The van der Waals surface area contributed by atoms with Crippen LogP contribution in [0.1, 0.15) is 78.1 Å². The summed E-state index contributed by atoms with van der Waals surface area (Å²) in [6.45, 7) is 3.83. The van der Waals surface area contributed by atoms with Crippen molar-refractivity contribution in [3.8, 4) is 0 Å². The summed E-state index contributed by atoms with van der Waals surface area (Å²) >= 11 is 0. The lowest BCUT2D eigenvalue weighted by Gasteiger charge is -2.13. The van der Waals surface area contributed by atoms with Gasteiger partial charge in [0.25, 0.3) is 5.91 Å². The van der Waals surface area contributed by atoms with Crippen LogP contribution in [0.25, 0.3) is 0 Å². The highest BCUT2D eigenvalue weighted by atomic mass is 16.5. The molecule has 0 saturated heterocycles. The van der Waals surface area contributed by atoms with Gasteiger partial charge in [0.15, 0.2) is 6.10 Å². The zero-order valence-corrected chi connectivity index (χ0v) is 15.8. The lowest BCUT2D eigenvalue weighted by Crippen LogP contribution is -2.29. The van der Waals surface area contributed by atoms with Crippen LogP contribution in [0.2, 0.25) is 0 Å². The molecule has 25 heavy (non-hydrogen) atoms. The molecule has 1 N–H and O–H groups in total. The Labute approximate surface area is 152 Å². The minimum Gasteiger partial charge on any atom is -0.453 e. The molecule has 0 fully saturated rings. The third kappa shape index (κ3) is 10.6. The predicted octanol–water partition coefficient (Wildman–Crippen LogP) is 5.48. The monoisotopic (exact) mass is 347 g/mol. The molecule has 4 heteroatoms. The minimum atomic E-state index is -0.772. The lowest BCUT2D eigenvalue weighted by atomic mass is 10.1. The molecule has 1 rings (SSSR count). The van der Waals surface area contributed by atoms with E-state index >= 15 is 0 Å². The fourth-order valence-corrected chi connectivity index (χ4v) is 2.65. The van der Waals surface area contributed by atoms with Crippen LogP contribution in [-0.4, -0.2) is 18.0 Å². The van der Waals surface area contributed by atoms with Crippen molar-refractivity contribution in [2.45, 2.75) is 84.2 Å². The van der Waals surface area contributed by atoms with Gasteiger partial charge in [-0.05, 0) is 25.5 Å². The smallest absolute Gasteiger partial charge is 0.306 e. The van der Waals surface area contributed by atoms with Crippen molar-refractivity contribution in [2.24, 2.45) is 0 Å². The van der Waals surface area contributed by atoms with E-state index in [2.05, 4.69) is 12.2 Å². The van der Waals surface area contributed by atoms with E-state index in [4.69, 9.17) is 4.74 Å². The molecule has 0 aliphatic carbocycles. The summed E-state index contributed by atoms with van der Waals surface area (Å²) in [5, 5.41) is 2.74. The van der Waals surface area contributed by atoms with E-state index in [0.29, 0.717) is 12.1 Å². The number of carbonyl (C=O) groups is 2. The standard InChI is InChI=1S/C21H33NO3/c1-3-4-5-6-7-8-9-10-14-17-20(23)25-18(2)21(24)22-19-15-12-11-13-16-19/h11-13,15-16,18H,3-10,14,17H2,1-2H3,(H,22,24)/t18-/m1/s1. The molecule has 0 saturated carbocycles. The van der Waals surface area contributed by atoms with Crippen LogP contribution in [0.3, 0.4) is 0 Å². The maximum absolute atomic E-state index is 12.0. The molecule has 0 bridgehead atoms. The molecule has 0 unspecified atom stereocenters. The van der Waals surface area contributed by atoms with Gasteiger partial charge in [0.2, 0.25) is 0 Å². The summed E-state index contributed by atoms with van der Waals surface area (Å²) in [6, 6.07) is 9.17. The summed E-state index contributed by atoms with van der Waals surface area (Å²) in [4.78, 5) is 23.8. The van der Waals surface area contributed by atoms with Crippen molar-refractivity contribution in [3.05, 3.63) is 30.3 Å². The second-order valence-electron chi connectivity index (χ2n) is 6.57. The number of para-hydroxylation sites is 1. The van der Waals surface area contributed by atoms with Crippen LogP contribution in [0, 0.1) is 0 Å². The fourth-order valence-electron chi connectivity index (χ4n) is 2.65. The normalized spacial score (nSPS) is 11.8. The van der Waals surface area contributed by atoms with Gasteiger partial charge >= 0.3 is 5.97 Å². The molecular weight excluding hydrogens is 314 g/mol. The van der Waals surface area contributed by atoms with Crippen molar-refractivity contribution in [1.82, 2.24) is 0 Å². The van der Waals surface area contributed by atoms with E-state index < -0.39 is 6.10 Å². The highest BCUT2D eigenvalue weighted by Crippen LogP contribution is 2.11. The fraction of sp³-hybridized carbons (Fsp3) is 0.619. The number of esters is 1. The lowest BCUT2D eigenvalue weighted by molar-refractivity contribution is -0.153. The van der Waals surface area contributed by atoms with E-state index in [1.165, 1.54) is 44.9 Å². The molecule has 0 aliphatic heterocycles. The van der Waals surface area contributed by atoms with Gasteiger partial charge in [-0.1, -0.05) is 76.5 Å². The summed E-state index contributed by atoms with van der Waals surface area (Å²) in [7, 11) is 0. The van der Waals surface area contributed by atoms with Crippen LogP contribution in [0.5, 0.6) is 0 Å². The first-order valence-corrected chi connectivity index (χ1v) is 9.69. The Hall–Kier alpha value is -1.84. The number of unbranched alkanes of at least 4 members (excludes halogenated alkanes) is 8. The van der Waals surface area contributed by atoms with Crippen molar-refractivity contribution < 1.29 is 14.3 Å². The van der Waals surface area contributed by atoms with E-state index in [1.807, 2.05) is 18.2 Å². The van der Waals surface area contributed by atoms with Crippen molar-refractivity contribution >= 4 is 17.6 Å². The van der Waals surface area contributed by atoms with Gasteiger partial charge in [-0.15, -0.1) is 0 Å². The molecule has 0 heterocycles. The molecule has 0 aromatic heterocycles. The second kappa shape index (κ2) is 13.5. The number of rotatable bonds is 13. The minimum absolute atomic E-state index is 0.293. The number of amides is 1. The molecule has 1 aromatic carbocycles. The number of anilines is 1. The van der Waals surface area contributed by atoms with Gasteiger partial charge in [-0.25, -0.2) is 0 Å². The Kier molecular flexibility index (Phi) is 11.4. The van der Waals surface area contributed by atoms with Crippen LogP contribution in [0.15, 0.2) is 30.3 Å². The molecule has 140 valence electrons. The van der Waals surface area contributed by atoms with Gasteiger partial charge in [-0.3, -0.25) is 9.59 Å². The first-order chi connectivity index (χ1) is 12.1. The number of nitrogens with one attached hydrogen (secondary N) is 1. The number of hydrogen-bond acceptors (Lipinski definition) is 3. The summed E-state index contributed by atoms with van der Waals surface area (Å²) in [6.07, 6.45) is 10.5. The topological polar surface area (TPSA) is 55.4 Å². The maximum Gasteiger partial charge on any atom is 0.306 e. The highest BCUT2D eigenvalue weighted by Gasteiger charge is 2.17. The van der Waals surface area contributed by atoms with Gasteiger partial charge in [0.05, 0.1) is 0 Å². The third-order valence-corrected chi connectivity index (χ3v) is 4.20. The predicted molar refractivity (Wildman–Crippen MR) is 102 cm³/mol. The number of benzene rings is 1. The van der Waals surface area contributed by atoms with E-state index in [-0.39, 0.29) is 11.9 Å². The SMILES string of the molecule is CCCCCCCCCCCC(=O)O[C@H](C)C(=O)Nc1ccccc1. The Morgan fingerprint density at radius 3 is 2.08 bits per heavy atom. The Morgan fingerprint density at radius 2 is 1.48 bits per heavy atom. The molecule has 1 atom stereocenters. The van der Waals surface area contributed by atoms with Crippen LogP contribution in [0.4, 0.5) is 5.69 Å². The van der Waals surface area contributed by atoms with Gasteiger partial charge in [0, 0.05) is 12.1 Å². The molecule has 0 radical (unpaired) electrons. The first kappa shape index (κ1) is 21.2. The highest BCUT2D eigenvalue weighted by molar-refractivity contribution is 5.95. The van der Waals surface area contributed by atoms with E-state index in [0.717, 1.165) is 12.8 Å². The molecule has 1 amide bonds. The second-order valence-corrected chi connectivity index (χ2v) is 6.57. The van der Waals surface area contributed by atoms with Crippen molar-refractivity contribution in [3.63, 3.8) is 0 Å². The molecule has 0 spiro atoms. The number of ether oxygens (including phenoxy) is 1. The van der Waals surface area contributed by atoms with Gasteiger partial charge in [0.1, 0.15) is 0 Å². The molecule has 1 aromatic rings. The Balaban J connectivity index is 2.06. The number of hydrogen-bond donors (Lipinski definition) is 1. The first-order valence-electron chi connectivity index (χ1n) is 9.69. The molecule has 0 aliphatic rings. The van der Waals surface area contributed by atoms with Gasteiger partial charge in [-0.2, -0.15) is 0 Å². The Bertz CT molecular complexity index is 487. The van der Waals surface area contributed by atoms with Crippen LogP contribution >= 0.6 is 0 Å².